The highest BCUT2D eigenvalue weighted by atomic mass is 32.2. The van der Waals surface area contributed by atoms with Gasteiger partial charge in [0.2, 0.25) is 10.0 Å². The summed E-state index contributed by atoms with van der Waals surface area (Å²) in [5.41, 5.74) is 1.02. The van der Waals surface area contributed by atoms with Crippen LogP contribution >= 0.6 is 0 Å². The molecule has 148 valence electrons. The minimum Gasteiger partial charge on any atom is -0.493 e. The lowest BCUT2D eigenvalue weighted by atomic mass is 9.86. The number of rotatable bonds is 8. The van der Waals surface area contributed by atoms with E-state index in [1.54, 1.807) is 6.07 Å². The number of para-hydroxylation sites is 1. The fourth-order valence-corrected chi connectivity index (χ4v) is 3.64. The van der Waals surface area contributed by atoms with Gasteiger partial charge in [-0.25, -0.2) is 13.1 Å². The van der Waals surface area contributed by atoms with Gasteiger partial charge in [-0.1, -0.05) is 39.0 Å². The first kappa shape index (κ1) is 21.1. The number of benzene rings is 2. The van der Waals surface area contributed by atoms with Gasteiger partial charge in [-0.3, -0.25) is 0 Å². The molecule has 7 heteroatoms. The maximum atomic E-state index is 12.5. The predicted octanol–water partition coefficient (Wildman–Crippen LogP) is 3.36. The molecule has 0 atom stereocenters. The Balaban J connectivity index is 2.01. The van der Waals surface area contributed by atoms with Crippen molar-refractivity contribution in [3.63, 3.8) is 0 Å². The van der Waals surface area contributed by atoms with Crippen molar-refractivity contribution in [2.24, 2.45) is 0 Å². The molecule has 6 nitrogen and oxygen atoms in total. The number of hydrogen-bond acceptors (Lipinski definition) is 5. The third-order valence-electron chi connectivity index (χ3n) is 4.01. The van der Waals surface area contributed by atoms with E-state index in [9.17, 15) is 8.42 Å². The van der Waals surface area contributed by atoms with Crippen LogP contribution in [0.15, 0.2) is 47.4 Å². The van der Waals surface area contributed by atoms with Crippen LogP contribution in [-0.2, 0) is 15.4 Å². The summed E-state index contributed by atoms with van der Waals surface area (Å²) in [6.07, 6.45) is 0. The fourth-order valence-electron chi connectivity index (χ4n) is 2.62. The molecule has 0 spiro atoms. The van der Waals surface area contributed by atoms with Gasteiger partial charge in [0.1, 0.15) is 12.4 Å². The van der Waals surface area contributed by atoms with Gasteiger partial charge in [-0.2, -0.15) is 0 Å². The van der Waals surface area contributed by atoms with Crippen molar-refractivity contribution in [1.82, 2.24) is 4.72 Å². The number of methoxy groups -OCH3 is 2. The van der Waals surface area contributed by atoms with Crippen LogP contribution in [0.4, 0.5) is 0 Å². The highest BCUT2D eigenvalue weighted by molar-refractivity contribution is 7.89. The first-order valence-electron chi connectivity index (χ1n) is 8.63. The van der Waals surface area contributed by atoms with Crippen molar-refractivity contribution in [3.05, 3.63) is 48.0 Å². The zero-order valence-corrected chi connectivity index (χ0v) is 17.2. The molecular formula is C20H27NO5S. The molecule has 2 aromatic rings. The highest BCUT2D eigenvalue weighted by Gasteiger charge is 2.19. The van der Waals surface area contributed by atoms with E-state index >= 15 is 0 Å². The Kier molecular flexibility index (Phi) is 6.73. The average Bonchev–Trinajstić information content (AvgIpc) is 2.64. The Hall–Kier alpha value is -2.25. The van der Waals surface area contributed by atoms with Gasteiger partial charge in [-0.05, 0) is 29.2 Å². The third-order valence-corrected chi connectivity index (χ3v) is 5.47. The second-order valence-electron chi connectivity index (χ2n) is 7.01. The maximum absolute atomic E-state index is 12.5. The van der Waals surface area contributed by atoms with Gasteiger partial charge in [0, 0.05) is 12.6 Å². The van der Waals surface area contributed by atoms with Crippen molar-refractivity contribution in [1.29, 1.82) is 0 Å². The summed E-state index contributed by atoms with van der Waals surface area (Å²) < 4.78 is 43.6. The Morgan fingerprint density at radius 1 is 0.926 bits per heavy atom. The summed E-state index contributed by atoms with van der Waals surface area (Å²) in [6.45, 7) is 6.69. The van der Waals surface area contributed by atoms with E-state index in [0.717, 1.165) is 11.3 Å². The number of ether oxygens (including phenoxy) is 3. The van der Waals surface area contributed by atoms with Crippen LogP contribution in [0.1, 0.15) is 26.3 Å². The van der Waals surface area contributed by atoms with Crippen LogP contribution in [0.5, 0.6) is 17.2 Å². The molecule has 0 unspecified atom stereocenters. The van der Waals surface area contributed by atoms with E-state index in [2.05, 4.69) is 25.5 Å². The first-order valence-corrected chi connectivity index (χ1v) is 10.1. The molecule has 2 aromatic carbocycles. The normalized spacial score (nSPS) is 11.9. The lowest BCUT2D eigenvalue weighted by molar-refractivity contribution is 0.314. The topological polar surface area (TPSA) is 73.9 Å². The largest absolute Gasteiger partial charge is 0.493 e. The average molecular weight is 394 g/mol. The first-order chi connectivity index (χ1) is 12.7. The Labute approximate surface area is 161 Å². The van der Waals surface area contributed by atoms with Crippen LogP contribution in [-0.4, -0.2) is 35.8 Å². The molecular weight excluding hydrogens is 366 g/mol. The van der Waals surface area contributed by atoms with Crippen molar-refractivity contribution < 1.29 is 22.6 Å². The van der Waals surface area contributed by atoms with Gasteiger partial charge < -0.3 is 14.2 Å². The molecule has 27 heavy (non-hydrogen) atoms. The van der Waals surface area contributed by atoms with Gasteiger partial charge >= 0.3 is 0 Å². The molecule has 1 N–H and O–H groups in total. The maximum Gasteiger partial charge on any atom is 0.240 e. The Bertz CT molecular complexity index is 872. The van der Waals surface area contributed by atoms with Crippen LogP contribution in [0.3, 0.4) is 0 Å². The molecule has 0 heterocycles. The molecule has 0 bridgehead atoms. The minimum atomic E-state index is -3.68. The summed E-state index contributed by atoms with van der Waals surface area (Å²) in [4.78, 5) is 0.107. The summed E-state index contributed by atoms with van der Waals surface area (Å²) in [5.74, 6) is 1.59. The van der Waals surface area contributed by atoms with E-state index in [4.69, 9.17) is 14.2 Å². The molecule has 0 aliphatic heterocycles. The number of hydrogen-bond donors (Lipinski definition) is 1. The van der Waals surface area contributed by atoms with Crippen LogP contribution in [0.2, 0.25) is 0 Å². The Morgan fingerprint density at radius 3 is 2.22 bits per heavy atom. The smallest absolute Gasteiger partial charge is 0.240 e. The Morgan fingerprint density at radius 2 is 1.59 bits per heavy atom. The molecule has 0 aliphatic carbocycles. The second kappa shape index (κ2) is 8.63. The molecule has 2 rings (SSSR count). The molecule has 0 radical (unpaired) electrons. The van der Waals surface area contributed by atoms with E-state index in [1.807, 2.05) is 24.3 Å². The summed E-state index contributed by atoms with van der Waals surface area (Å²) in [6, 6.07) is 12.2. The van der Waals surface area contributed by atoms with Gasteiger partial charge in [0.05, 0.1) is 19.1 Å². The fraction of sp³-hybridized carbons (Fsp3) is 0.400. The van der Waals surface area contributed by atoms with Crippen molar-refractivity contribution in [3.8, 4) is 17.2 Å². The monoisotopic (exact) mass is 393 g/mol. The van der Waals surface area contributed by atoms with Crippen LogP contribution in [0, 0.1) is 0 Å². The van der Waals surface area contributed by atoms with Gasteiger partial charge in [-0.15, -0.1) is 0 Å². The summed E-state index contributed by atoms with van der Waals surface area (Å²) in [5, 5.41) is 0. The molecule has 0 saturated heterocycles. The molecule has 0 aliphatic rings. The zero-order valence-electron chi connectivity index (χ0n) is 16.4. The molecule has 0 fully saturated rings. The lowest BCUT2D eigenvalue weighted by Gasteiger charge is -2.22. The quantitative estimate of drug-likeness (QED) is 0.696. The van der Waals surface area contributed by atoms with E-state index < -0.39 is 10.0 Å². The van der Waals surface area contributed by atoms with E-state index in [1.165, 1.54) is 26.4 Å². The zero-order chi connectivity index (χ0) is 20.1. The van der Waals surface area contributed by atoms with E-state index in [0.29, 0.717) is 11.5 Å². The minimum absolute atomic E-state index is 0.0598. The molecule has 0 amide bonds. The van der Waals surface area contributed by atoms with Crippen molar-refractivity contribution in [2.75, 3.05) is 27.4 Å². The third kappa shape index (κ3) is 5.37. The summed E-state index contributed by atoms with van der Waals surface area (Å²) in [7, 11) is -0.719. The lowest BCUT2D eigenvalue weighted by Crippen LogP contribution is -2.28. The number of nitrogens with one attached hydrogen (secondary N) is 1. The van der Waals surface area contributed by atoms with Gasteiger partial charge in [0.15, 0.2) is 11.5 Å². The molecule has 0 aromatic heterocycles. The second-order valence-corrected chi connectivity index (χ2v) is 8.78. The SMILES string of the molecule is COc1ccc(S(=O)(=O)NCCOc2ccccc2C(C)(C)C)cc1OC. The van der Waals surface area contributed by atoms with Gasteiger partial charge in [0.25, 0.3) is 0 Å². The van der Waals surface area contributed by atoms with Crippen molar-refractivity contribution in [2.45, 2.75) is 31.1 Å². The number of sulfonamides is 1. The standard InChI is InChI=1S/C20H27NO5S/c1-20(2,3)16-8-6-7-9-17(16)26-13-12-21-27(22,23)15-10-11-18(24-4)19(14-15)25-5/h6-11,14,21H,12-13H2,1-5H3. The predicted molar refractivity (Wildman–Crippen MR) is 105 cm³/mol. The van der Waals surface area contributed by atoms with Crippen LogP contribution in [0.25, 0.3) is 0 Å². The molecule has 0 saturated carbocycles. The van der Waals surface area contributed by atoms with E-state index in [-0.39, 0.29) is 23.5 Å². The summed E-state index contributed by atoms with van der Waals surface area (Å²) >= 11 is 0. The highest BCUT2D eigenvalue weighted by Crippen LogP contribution is 2.31. The van der Waals surface area contributed by atoms with Crippen LogP contribution < -0.4 is 18.9 Å². The van der Waals surface area contributed by atoms with Crippen molar-refractivity contribution >= 4 is 10.0 Å².